The van der Waals surface area contributed by atoms with E-state index in [9.17, 15) is 0 Å². The molecule has 2 aliphatic rings. The van der Waals surface area contributed by atoms with E-state index in [4.69, 9.17) is 0 Å². The molecule has 2 heterocycles. The maximum absolute atomic E-state index is 2.53. The number of para-hydroxylation sites is 2. The number of fused-ring (bicyclic) bond motifs is 10. The quantitative estimate of drug-likeness (QED) is 0.206. The fraction of sp³-hybridized carbons (Fsp3) is 0.171. The Kier molecular flexibility index (Phi) is 4.88. The van der Waals surface area contributed by atoms with E-state index in [-0.39, 0.29) is 0 Å². The zero-order valence-electron chi connectivity index (χ0n) is 24.1. The van der Waals surface area contributed by atoms with Crippen LogP contribution in [0.2, 0.25) is 0 Å². The van der Waals surface area contributed by atoms with E-state index in [2.05, 4.69) is 137 Å². The van der Waals surface area contributed by atoms with E-state index < -0.39 is 0 Å². The first-order valence-corrected chi connectivity index (χ1v) is 15.9. The van der Waals surface area contributed by atoms with Gasteiger partial charge in [0, 0.05) is 38.3 Å². The number of benzene rings is 6. The summed E-state index contributed by atoms with van der Waals surface area (Å²) < 4.78 is 4.96. The van der Waals surface area contributed by atoms with Crippen LogP contribution < -0.4 is 0 Å². The first-order valence-electron chi connectivity index (χ1n) is 15.9. The van der Waals surface area contributed by atoms with Gasteiger partial charge in [-0.3, -0.25) is 0 Å². The van der Waals surface area contributed by atoms with E-state index in [1.807, 2.05) is 0 Å². The Morgan fingerprint density at radius 3 is 2.00 bits per heavy atom. The van der Waals surface area contributed by atoms with Crippen LogP contribution in [-0.4, -0.2) is 9.13 Å². The Morgan fingerprint density at radius 2 is 1.19 bits per heavy atom. The second-order valence-electron chi connectivity index (χ2n) is 13.0. The highest BCUT2D eigenvalue weighted by molar-refractivity contribution is 6.23. The SMILES string of the molecule is c1ccc(-n2c3ccccc3c3cc4c5ccc6ccccc6c5n(-c5ccc(C6CC7CCC6C7)cc5)c4cc32)cc1. The zero-order chi connectivity index (χ0) is 28.1. The molecule has 2 aromatic heterocycles. The van der Waals surface area contributed by atoms with Crippen LogP contribution in [0, 0.1) is 11.8 Å². The number of hydrogen-bond acceptors (Lipinski definition) is 0. The predicted octanol–water partition coefficient (Wildman–Crippen LogP) is 10.9. The number of rotatable bonds is 3. The van der Waals surface area contributed by atoms with Crippen molar-refractivity contribution in [3.63, 3.8) is 0 Å². The second-order valence-corrected chi connectivity index (χ2v) is 13.0. The van der Waals surface area contributed by atoms with Crippen molar-refractivity contribution < 1.29 is 0 Å². The first-order chi connectivity index (χ1) is 21.3. The van der Waals surface area contributed by atoms with E-state index in [1.165, 1.54) is 97.0 Å². The average molecular weight is 553 g/mol. The second kappa shape index (κ2) is 8.84. The van der Waals surface area contributed by atoms with Crippen molar-refractivity contribution in [2.45, 2.75) is 31.6 Å². The molecule has 0 aliphatic heterocycles. The summed E-state index contributed by atoms with van der Waals surface area (Å²) in [7, 11) is 0. The van der Waals surface area contributed by atoms with Gasteiger partial charge in [0.1, 0.15) is 0 Å². The normalized spacial score (nSPS) is 20.0. The van der Waals surface area contributed by atoms with E-state index >= 15 is 0 Å². The summed E-state index contributed by atoms with van der Waals surface area (Å²) in [5.74, 6) is 2.59. The van der Waals surface area contributed by atoms with Gasteiger partial charge in [-0.15, -0.1) is 0 Å². The monoisotopic (exact) mass is 552 g/mol. The molecule has 2 aliphatic carbocycles. The fourth-order valence-electron chi connectivity index (χ4n) is 8.89. The summed E-state index contributed by atoms with van der Waals surface area (Å²) in [6, 6.07) is 47.6. The maximum atomic E-state index is 2.53. The summed E-state index contributed by atoms with van der Waals surface area (Å²) in [5.41, 5.74) is 9.00. The minimum atomic E-state index is 0.744. The van der Waals surface area contributed by atoms with Crippen LogP contribution in [0.5, 0.6) is 0 Å². The molecule has 3 unspecified atom stereocenters. The molecule has 10 rings (SSSR count). The van der Waals surface area contributed by atoms with Crippen LogP contribution in [0.15, 0.2) is 127 Å². The third kappa shape index (κ3) is 3.35. The van der Waals surface area contributed by atoms with Gasteiger partial charge in [-0.2, -0.15) is 0 Å². The van der Waals surface area contributed by atoms with Gasteiger partial charge in [0.05, 0.1) is 22.1 Å². The topological polar surface area (TPSA) is 9.86 Å². The lowest BCUT2D eigenvalue weighted by molar-refractivity contribution is 0.420. The highest BCUT2D eigenvalue weighted by atomic mass is 15.0. The Bertz CT molecular complexity index is 2350. The Balaban J connectivity index is 1.30. The Hall–Kier alpha value is -4.82. The summed E-state index contributed by atoms with van der Waals surface area (Å²) >= 11 is 0. The summed E-state index contributed by atoms with van der Waals surface area (Å²) in [6.07, 6.45) is 5.69. The lowest BCUT2D eigenvalue weighted by Crippen LogP contribution is -2.08. The van der Waals surface area contributed by atoms with Gasteiger partial charge in [-0.25, -0.2) is 0 Å². The number of nitrogens with zero attached hydrogens (tertiary/aromatic N) is 2. The van der Waals surface area contributed by atoms with E-state index in [0.29, 0.717) is 0 Å². The average Bonchev–Trinajstić information content (AvgIpc) is 3.85. The van der Waals surface area contributed by atoms with Crippen LogP contribution in [0.3, 0.4) is 0 Å². The maximum Gasteiger partial charge on any atom is 0.0619 e. The molecule has 0 spiro atoms. The largest absolute Gasteiger partial charge is 0.309 e. The molecule has 43 heavy (non-hydrogen) atoms. The van der Waals surface area contributed by atoms with Crippen LogP contribution in [0.1, 0.15) is 37.2 Å². The molecule has 206 valence electrons. The van der Waals surface area contributed by atoms with Crippen molar-refractivity contribution in [3.8, 4) is 11.4 Å². The third-order valence-corrected chi connectivity index (χ3v) is 10.8. The van der Waals surface area contributed by atoms with Crippen molar-refractivity contribution in [2.24, 2.45) is 11.8 Å². The highest BCUT2D eigenvalue weighted by Crippen LogP contribution is 2.53. The van der Waals surface area contributed by atoms with Gasteiger partial charge in [-0.05, 0) is 90.4 Å². The lowest BCUT2D eigenvalue weighted by atomic mass is 9.83. The van der Waals surface area contributed by atoms with Crippen molar-refractivity contribution >= 4 is 54.4 Å². The first kappa shape index (κ1) is 23.7. The molecule has 2 bridgehead atoms. The van der Waals surface area contributed by atoms with Crippen LogP contribution in [-0.2, 0) is 0 Å². The molecular formula is C41H32N2. The molecule has 0 N–H and O–H groups in total. The Morgan fingerprint density at radius 1 is 0.465 bits per heavy atom. The molecule has 2 nitrogen and oxygen atoms in total. The molecule has 8 aromatic rings. The molecule has 0 amide bonds. The van der Waals surface area contributed by atoms with Crippen LogP contribution >= 0.6 is 0 Å². The molecule has 0 saturated heterocycles. The molecule has 3 atom stereocenters. The van der Waals surface area contributed by atoms with Crippen LogP contribution in [0.4, 0.5) is 0 Å². The van der Waals surface area contributed by atoms with Gasteiger partial charge in [0.25, 0.3) is 0 Å². The molecule has 0 radical (unpaired) electrons. The van der Waals surface area contributed by atoms with Gasteiger partial charge >= 0.3 is 0 Å². The fourth-order valence-corrected chi connectivity index (χ4v) is 8.89. The Labute approximate surface area is 250 Å². The van der Waals surface area contributed by atoms with Gasteiger partial charge in [-0.1, -0.05) is 91.3 Å². The molecular weight excluding hydrogens is 520 g/mol. The molecule has 2 saturated carbocycles. The van der Waals surface area contributed by atoms with Crippen LogP contribution in [0.25, 0.3) is 65.8 Å². The summed E-state index contributed by atoms with van der Waals surface area (Å²) in [4.78, 5) is 0. The van der Waals surface area contributed by atoms with Gasteiger partial charge < -0.3 is 9.13 Å². The third-order valence-electron chi connectivity index (χ3n) is 10.8. The predicted molar refractivity (Wildman–Crippen MR) is 181 cm³/mol. The molecule has 6 aromatic carbocycles. The number of hydrogen-bond donors (Lipinski definition) is 0. The molecule has 2 heteroatoms. The van der Waals surface area contributed by atoms with Crippen molar-refractivity contribution in [2.75, 3.05) is 0 Å². The lowest BCUT2D eigenvalue weighted by Gasteiger charge is -2.22. The summed E-state index contributed by atoms with van der Waals surface area (Å²) in [6.45, 7) is 0. The standard InChI is InChI=1S/C41H32N2/c1-2-9-30(10-3-1)42-38-13-7-6-12-33(38)36-24-37-34-21-18-27-8-4-5-11-32(27)41(34)43(40(37)25-39(36)42)31-19-16-28(17-20-31)35-23-26-14-15-29(35)22-26/h1-13,16-21,24-26,29,35H,14-15,22-23H2. The minimum Gasteiger partial charge on any atom is -0.309 e. The smallest absolute Gasteiger partial charge is 0.0619 e. The summed E-state index contributed by atoms with van der Waals surface area (Å²) in [5, 5.41) is 7.78. The van der Waals surface area contributed by atoms with Crippen molar-refractivity contribution in [3.05, 3.63) is 133 Å². The highest BCUT2D eigenvalue weighted by Gasteiger charge is 2.40. The van der Waals surface area contributed by atoms with Crippen molar-refractivity contribution in [1.82, 2.24) is 9.13 Å². The van der Waals surface area contributed by atoms with E-state index in [0.717, 1.165) is 17.8 Å². The minimum absolute atomic E-state index is 0.744. The van der Waals surface area contributed by atoms with E-state index in [1.54, 1.807) is 0 Å². The van der Waals surface area contributed by atoms with Gasteiger partial charge in [0.15, 0.2) is 0 Å². The molecule has 2 fully saturated rings. The number of aromatic nitrogens is 2. The van der Waals surface area contributed by atoms with Gasteiger partial charge in [0.2, 0.25) is 0 Å². The van der Waals surface area contributed by atoms with Crippen molar-refractivity contribution in [1.29, 1.82) is 0 Å². The zero-order valence-corrected chi connectivity index (χ0v) is 24.1.